The zero-order valence-corrected chi connectivity index (χ0v) is 20.9. The number of phenols is 1. The average Bonchev–Trinajstić information content (AvgIpc) is 2.81. The van der Waals surface area contributed by atoms with Crippen molar-refractivity contribution in [3.05, 3.63) is 29.3 Å². The Morgan fingerprint density at radius 1 is 0.781 bits per heavy atom. The van der Waals surface area contributed by atoms with E-state index in [9.17, 15) is 9.90 Å². The summed E-state index contributed by atoms with van der Waals surface area (Å²) in [6, 6.07) is 4.77. The summed E-state index contributed by atoms with van der Waals surface area (Å²) < 4.78 is 21.9. The molecule has 184 valence electrons. The van der Waals surface area contributed by atoms with Crippen LogP contribution in [0.15, 0.2) is 18.2 Å². The van der Waals surface area contributed by atoms with Gasteiger partial charge in [-0.25, -0.2) is 4.79 Å². The number of aromatic hydroxyl groups is 1. The fraction of sp³-hybridized carbons (Fsp3) is 0.759. The van der Waals surface area contributed by atoms with Crippen LogP contribution in [0.2, 0.25) is 0 Å². The topological polar surface area (TPSA) is 46.5 Å². The van der Waals surface area contributed by atoms with Crippen LogP contribution in [0.25, 0.3) is 0 Å². The largest absolute Gasteiger partial charge is 0.508 e. The van der Waals surface area contributed by atoms with Gasteiger partial charge in [0.25, 0.3) is 0 Å². The predicted molar refractivity (Wildman–Crippen MR) is 137 cm³/mol. The maximum absolute atomic E-state index is 12.5. The van der Waals surface area contributed by atoms with Crippen LogP contribution in [-0.4, -0.2) is 17.7 Å². The Hall–Kier alpha value is -1.51. The number of unbranched alkanes of at least 4 members (excludes halogenated alkanes) is 11. The first-order valence-electron chi connectivity index (χ1n) is 14.5. The number of aryl methyl sites for hydroxylation is 1. The molecule has 3 nitrogen and oxygen atoms in total. The van der Waals surface area contributed by atoms with Crippen molar-refractivity contribution in [1.82, 2.24) is 0 Å². The van der Waals surface area contributed by atoms with Crippen molar-refractivity contribution in [1.29, 1.82) is 0 Å². The summed E-state index contributed by atoms with van der Waals surface area (Å²) in [5.74, 6) is -0.227. The molecule has 2 unspecified atom stereocenters. The third kappa shape index (κ3) is 14.5. The lowest BCUT2D eigenvalue weighted by Gasteiger charge is -2.10. The summed E-state index contributed by atoms with van der Waals surface area (Å²) in [6.45, 7) is 4.55. The number of esters is 1. The smallest absolute Gasteiger partial charge is 0.338 e. The molecule has 0 amide bonds. The molecule has 1 rings (SSSR count). The summed E-state index contributed by atoms with van der Waals surface area (Å²) in [6.07, 6.45) is 18.4. The van der Waals surface area contributed by atoms with Gasteiger partial charge in [-0.1, -0.05) is 117 Å². The average molecular weight is 451 g/mol. The van der Waals surface area contributed by atoms with Crippen molar-refractivity contribution < 1.29 is 17.4 Å². The summed E-state index contributed by atoms with van der Waals surface area (Å²) in [5, 5.41) is 9.72. The molecule has 1 N–H and O–H groups in total. The number of phenolic OH excluding ortho intramolecular Hbond substituents is 1. The highest BCUT2D eigenvalue weighted by atomic mass is 16.5. The fourth-order valence-corrected chi connectivity index (χ4v) is 3.97. The Bertz CT molecular complexity index is 650. The van der Waals surface area contributed by atoms with Gasteiger partial charge in [0.1, 0.15) is 5.75 Å². The van der Waals surface area contributed by atoms with E-state index in [0.29, 0.717) is 18.4 Å². The van der Waals surface area contributed by atoms with Crippen molar-refractivity contribution in [2.24, 2.45) is 0 Å². The van der Waals surface area contributed by atoms with Crippen LogP contribution >= 0.6 is 0 Å². The second kappa shape index (κ2) is 20.1. The molecule has 0 aliphatic carbocycles. The van der Waals surface area contributed by atoms with Crippen LogP contribution in [0.5, 0.6) is 5.75 Å². The van der Waals surface area contributed by atoms with E-state index in [1.807, 2.05) is 0 Å². The Kier molecular flexibility index (Phi) is 15.8. The molecule has 32 heavy (non-hydrogen) atoms. The van der Waals surface area contributed by atoms with Crippen LogP contribution in [-0.2, 0) is 11.2 Å². The molecule has 0 bridgehead atoms. The summed E-state index contributed by atoms with van der Waals surface area (Å²) >= 11 is 0. The monoisotopic (exact) mass is 450 g/mol. The minimum Gasteiger partial charge on any atom is -0.508 e. The molecule has 0 saturated heterocycles. The quantitative estimate of drug-likeness (QED) is 0.150. The number of ether oxygens (including phenoxy) is 1. The SMILES string of the molecule is [3H]C(CCCCCCCCCCCCC)CC([3H])CCOC(=O)c1ccc(O)cc1CCCC. The van der Waals surface area contributed by atoms with Crippen molar-refractivity contribution in [3.8, 4) is 5.75 Å². The van der Waals surface area contributed by atoms with E-state index in [0.717, 1.165) is 37.7 Å². The molecule has 0 heterocycles. The minimum atomic E-state index is -0.387. The molecular weight excluding hydrogens is 396 g/mol. The van der Waals surface area contributed by atoms with Gasteiger partial charge in [-0.2, -0.15) is 0 Å². The lowest BCUT2D eigenvalue weighted by Crippen LogP contribution is -2.09. The van der Waals surface area contributed by atoms with Gasteiger partial charge in [0.05, 0.1) is 12.2 Å². The van der Waals surface area contributed by atoms with E-state index in [2.05, 4.69) is 13.8 Å². The summed E-state index contributed by atoms with van der Waals surface area (Å²) in [4.78, 5) is 12.5. The molecule has 0 fully saturated rings. The Balaban J connectivity index is 2.12. The summed E-state index contributed by atoms with van der Waals surface area (Å²) in [5.41, 5.74) is 1.31. The van der Waals surface area contributed by atoms with Crippen LogP contribution in [0.3, 0.4) is 0 Å². The molecule has 3 heteroatoms. The number of benzene rings is 1. The molecular formula is C29H50O3. The summed E-state index contributed by atoms with van der Waals surface area (Å²) in [7, 11) is 0. The van der Waals surface area contributed by atoms with Crippen molar-refractivity contribution in [3.63, 3.8) is 0 Å². The molecule has 0 spiro atoms. The zero-order valence-electron chi connectivity index (χ0n) is 22.9. The van der Waals surface area contributed by atoms with Gasteiger partial charge in [-0.3, -0.25) is 0 Å². The Labute approximate surface area is 201 Å². The highest BCUT2D eigenvalue weighted by Crippen LogP contribution is 2.20. The first-order valence-corrected chi connectivity index (χ1v) is 13.3. The van der Waals surface area contributed by atoms with Crippen molar-refractivity contribution in [2.75, 3.05) is 6.61 Å². The maximum Gasteiger partial charge on any atom is 0.338 e. The lowest BCUT2D eigenvalue weighted by atomic mass is 10.0. The van der Waals surface area contributed by atoms with Gasteiger partial charge in [0.2, 0.25) is 0 Å². The molecule has 0 aliphatic heterocycles. The maximum atomic E-state index is 12.5. The molecule has 2 atom stereocenters. The molecule has 1 aromatic rings. The Morgan fingerprint density at radius 2 is 1.34 bits per heavy atom. The third-order valence-corrected chi connectivity index (χ3v) is 6.01. The van der Waals surface area contributed by atoms with Crippen LogP contribution in [0.1, 0.15) is 148 Å². The highest BCUT2D eigenvalue weighted by Gasteiger charge is 2.13. The number of carbonyl (C=O) groups excluding carboxylic acids is 1. The van der Waals surface area contributed by atoms with Gasteiger partial charge >= 0.3 is 5.97 Å². The van der Waals surface area contributed by atoms with E-state index >= 15 is 0 Å². The van der Waals surface area contributed by atoms with Crippen molar-refractivity contribution in [2.45, 2.75) is 136 Å². The van der Waals surface area contributed by atoms with E-state index in [1.54, 1.807) is 12.1 Å². The van der Waals surface area contributed by atoms with Crippen LogP contribution in [0, 0.1) is 0 Å². The van der Waals surface area contributed by atoms with Crippen LogP contribution in [0.4, 0.5) is 0 Å². The Morgan fingerprint density at radius 3 is 1.97 bits per heavy atom. The molecule has 0 aromatic heterocycles. The van der Waals surface area contributed by atoms with E-state index in [1.165, 1.54) is 70.3 Å². The first-order chi connectivity index (χ1) is 16.5. The highest BCUT2D eigenvalue weighted by molar-refractivity contribution is 5.91. The van der Waals surface area contributed by atoms with Crippen LogP contribution < -0.4 is 0 Å². The van der Waals surface area contributed by atoms with E-state index < -0.39 is 0 Å². The normalized spacial score (nSPS) is 13.9. The fourth-order valence-electron chi connectivity index (χ4n) is 3.97. The standard InChI is InChI=1S/C29H50O3/c1-3-5-7-8-9-10-11-12-13-14-15-16-17-18-19-20-24-32-29(31)28-23-22-27(30)25-26(28)21-6-4-2/h22-23,25,30H,3-21,24H2,1-2H3/i17T,19T. The van der Waals surface area contributed by atoms with Gasteiger partial charge in [-0.15, -0.1) is 0 Å². The number of hydrogen-bond donors (Lipinski definition) is 1. The molecule has 0 aliphatic rings. The van der Waals surface area contributed by atoms with Gasteiger partial charge in [0.15, 0.2) is 0 Å². The van der Waals surface area contributed by atoms with E-state index in [-0.39, 0.29) is 31.1 Å². The van der Waals surface area contributed by atoms with Gasteiger partial charge in [-0.05, 0) is 43.0 Å². The van der Waals surface area contributed by atoms with Gasteiger partial charge in [0, 0.05) is 2.74 Å². The molecule has 0 radical (unpaired) electrons. The predicted octanol–water partition coefficient (Wildman–Crippen LogP) is 9.15. The zero-order chi connectivity index (χ0) is 25.0. The second-order valence-electron chi connectivity index (χ2n) is 9.01. The second-order valence-corrected chi connectivity index (χ2v) is 9.01. The minimum absolute atomic E-state index is 0.160. The number of hydrogen-bond acceptors (Lipinski definition) is 3. The van der Waals surface area contributed by atoms with Crippen molar-refractivity contribution >= 4 is 5.97 Å². The van der Waals surface area contributed by atoms with Gasteiger partial charge < -0.3 is 9.84 Å². The lowest BCUT2D eigenvalue weighted by molar-refractivity contribution is 0.0496. The number of carbonyl (C=O) groups is 1. The number of rotatable bonds is 21. The molecule has 1 aromatic carbocycles. The third-order valence-electron chi connectivity index (χ3n) is 6.01. The first kappa shape index (κ1) is 25.1. The molecule has 0 saturated carbocycles. The van der Waals surface area contributed by atoms with E-state index in [4.69, 9.17) is 7.48 Å².